The number of rotatable bonds is 5. The molecule has 0 fully saturated rings. The van der Waals surface area contributed by atoms with E-state index >= 15 is 0 Å². The number of benzene rings is 1. The summed E-state index contributed by atoms with van der Waals surface area (Å²) in [5, 5.41) is 0. The van der Waals surface area contributed by atoms with Gasteiger partial charge in [0.1, 0.15) is 5.75 Å². The summed E-state index contributed by atoms with van der Waals surface area (Å²) in [5.74, 6) is 2.29. The second kappa shape index (κ2) is 6.14. The summed E-state index contributed by atoms with van der Waals surface area (Å²) in [6.07, 6.45) is 1.64. The summed E-state index contributed by atoms with van der Waals surface area (Å²) in [6.45, 7) is 0. The first kappa shape index (κ1) is 14.0. The second-order valence-electron chi connectivity index (χ2n) is 3.88. The first-order valence-corrected chi connectivity index (χ1v) is 5.96. The van der Waals surface area contributed by atoms with Gasteiger partial charge in [-0.2, -0.15) is 0 Å². The van der Waals surface area contributed by atoms with Crippen LogP contribution in [-0.4, -0.2) is 33.4 Å². The van der Waals surface area contributed by atoms with Crippen molar-refractivity contribution in [1.29, 1.82) is 0 Å². The highest BCUT2D eigenvalue weighted by Crippen LogP contribution is 2.43. The molecule has 5 heteroatoms. The van der Waals surface area contributed by atoms with E-state index < -0.39 is 0 Å². The van der Waals surface area contributed by atoms with E-state index in [1.54, 1.807) is 40.7 Å². The number of ether oxygens (including phenoxy) is 4. The fourth-order valence-electron chi connectivity index (χ4n) is 1.87. The Morgan fingerprint density at radius 2 is 1.65 bits per heavy atom. The molecule has 20 heavy (non-hydrogen) atoms. The van der Waals surface area contributed by atoms with Crippen LogP contribution in [0, 0.1) is 6.07 Å². The Hall–Kier alpha value is -2.43. The van der Waals surface area contributed by atoms with E-state index in [4.69, 9.17) is 18.9 Å². The van der Waals surface area contributed by atoms with Crippen molar-refractivity contribution < 1.29 is 18.9 Å². The lowest BCUT2D eigenvalue weighted by Gasteiger charge is -2.15. The summed E-state index contributed by atoms with van der Waals surface area (Å²) in [6, 6.07) is 8.46. The Bertz CT molecular complexity index is 581. The normalized spacial score (nSPS) is 10.0. The van der Waals surface area contributed by atoms with Crippen LogP contribution in [0.3, 0.4) is 0 Å². The van der Waals surface area contributed by atoms with Crippen molar-refractivity contribution in [1.82, 2.24) is 4.98 Å². The maximum Gasteiger partial charge on any atom is 0.204 e. The van der Waals surface area contributed by atoms with Crippen LogP contribution in [0.1, 0.15) is 0 Å². The number of pyridine rings is 1. The fraction of sp³-hybridized carbons (Fsp3) is 0.267. The minimum Gasteiger partial charge on any atom is -0.495 e. The third-order valence-corrected chi connectivity index (χ3v) is 2.86. The van der Waals surface area contributed by atoms with Crippen molar-refractivity contribution in [2.24, 2.45) is 0 Å². The Balaban J connectivity index is 2.55. The predicted octanol–water partition coefficient (Wildman–Crippen LogP) is 2.58. The van der Waals surface area contributed by atoms with E-state index in [-0.39, 0.29) is 0 Å². The second-order valence-corrected chi connectivity index (χ2v) is 3.88. The average molecular weight is 274 g/mol. The Kier molecular flexibility index (Phi) is 4.30. The molecular weight excluding hydrogens is 258 g/mol. The Morgan fingerprint density at radius 3 is 2.15 bits per heavy atom. The fourth-order valence-corrected chi connectivity index (χ4v) is 1.87. The highest BCUT2D eigenvalue weighted by molar-refractivity contribution is 5.73. The molecule has 0 aliphatic rings. The average Bonchev–Trinajstić information content (AvgIpc) is 2.53. The molecule has 0 atom stereocenters. The molecule has 2 aromatic rings. The van der Waals surface area contributed by atoms with Gasteiger partial charge in [-0.05, 0) is 24.3 Å². The predicted molar refractivity (Wildman–Crippen MR) is 74.7 cm³/mol. The third-order valence-electron chi connectivity index (χ3n) is 2.86. The van der Waals surface area contributed by atoms with Crippen LogP contribution in [0.5, 0.6) is 23.0 Å². The SMILES string of the molecule is COc1ccc(-c2[c]cc(OC)c(OC)c2OC)nc1. The molecule has 0 N–H and O–H groups in total. The molecule has 5 nitrogen and oxygen atoms in total. The monoisotopic (exact) mass is 274 g/mol. The van der Waals surface area contributed by atoms with Gasteiger partial charge in [-0.3, -0.25) is 4.98 Å². The number of methoxy groups -OCH3 is 4. The van der Waals surface area contributed by atoms with Crippen LogP contribution in [-0.2, 0) is 0 Å². The van der Waals surface area contributed by atoms with Gasteiger partial charge in [0.25, 0.3) is 0 Å². The van der Waals surface area contributed by atoms with Gasteiger partial charge in [-0.15, -0.1) is 0 Å². The Labute approximate surface area is 118 Å². The molecule has 105 valence electrons. The molecule has 1 aromatic carbocycles. The zero-order chi connectivity index (χ0) is 14.5. The molecule has 0 bridgehead atoms. The van der Waals surface area contributed by atoms with E-state index in [1.807, 2.05) is 12.1 Å². The van der Waals surface area contributed by atoms with Crippen molar-refractivity contribution >= 4 is 0 Å². The van der Waals surface area contributed by atoms with Gasteiger partial charge in [0.05, 0.1) is 45.9 Å². The molecule has 1 aromatic heterocycles. The van der Waals surface area contributed by atoms with Crippen molar-refractivity contribution in [2.75, 3.05) is 28.4 Å². The van der Waals surface area contributed by atoms with Crippen LogP contribution in [0.2, 0.25) is 0 Å². The molecule has 0 amide bonds. The largest absolute Gasteiger partial charge is 0.495 e. The number of nitrogens with zero attached hydrogens (tertiary/aromatic N) is 1. The van der Waals surface area contributed by atoms with Gasteiger partial charge in [-0.25, -0.2) is 0 Å². The van der Waals surface area contributed by atoms with Crippen molar-refractivity contribution in [3.05, 3.63) is 30.5 Å². The number of hydrogen-bond acceptors (Lipinski definition) is 5. The zero-order valence-electron chi connectivity index (χ0n) is 11.9. The Morgan fingerprint density at radius 1 is 0.900 bits per heavy atom. The summed E-state index contributed by atoms with van der Waals surface area (Å²) in [4.78, 5) is 4.33. The first-order chi connectivity index (χ1) is 9.74. The van der Waals surface area contributed by atoms with Gasteiger partial charge in [0, 0.05) is 0 Å². The van der Waals surface area contributed by atoms with E-state index in [1.165, 1.54) is 0 Å². The maximum atomic E-state index is 5.41. The van der Waals surface area contributed by atoms with Crippen LogP contribution in [0.15, 0.2) is 24.4 Å². The van der Waals surface area contributed by atoms with E-state index in [9.17, 15) is 0 Å². The van der Waals surface area contributed by atoms with Gasteiger partial charge >= 0.3 is 0 Å². The lowest BCUT2D eigenvalue weighted by molar-refractivity contribution is 0.325. The summed E-state index contributed by atoms with van der Waals surface area (Å²) >= 11 is 0. The molecule has 0 saturated heterocycles. The number of aromatic nitrogens is 1. The molecule has 1 radical (unpaired) electrons. The topological polar surface area (TPSA) is 49.8 Å². The smallest absolute Gasteiger partial charge is 0.204 e. The quantitative estimate of drug-likeness (QED) is 0.838. The molecule has 0 aliphatic heterocycles. The van der Waals surface area contributed by atoms with Crippen molar-refractivity contribution in [3.63, 3.8) is 0 Å². The van der Waals surface area contributed by atoms with E-state index in [2.05, 4.69) is 11.1 Å². The first-order valence-electron chi connectivity index (χ1n) is 5.96. The summed E-state index contributed by atoms with van der Waals surface area (Å²) in [7, 11) is 6.29. The van der Waals surface area contributed by atoms with Crippen LogP contribution < -0.4 is 18.9 Å². The molecular formula is C15H16NO4. The minimum absolute atomic E-state index is 0.515. The standard InChI is InChI=1S/C15H16NO4/c1-17-10-5-7-12(16-9-10)11-6-8-13(18-2)15(20-4)14(11)19-3/h5,7-9H,1-4H3. The van der Waals surface area contributed by atoms with Crippen LogP contribution >= 0.6 is 0 Å². The number of hydrogen-bond donors (Lipinski definition) is 0. The third kappa shape index (κ3) is 2.47. The van der Waals surface area contributed by atoms with E-state index in [0.717, 1.165) is 0 Å². The molecule has 0 unspecified atom stereocenters. The maximum absolute atomic E-state index is 5.41. The summed E-state index contributed by atoms with van der Waals surface area (Å²) < 4.78 is 21.1. The molecule has 0 aliphatic carbocycles. The van der Waals surface area contributed by atoms with Gasteiger partial charge in [0.2, 0.25) is 5.75 Å². The van der Waals surface area contributed by atoms with Crippen LogP contribution in [0.4, 0.5) is 0 Å². The van der Waals surface area contributed by atoms with Crippen molar-refractivity contribution in [3.8, 4) is 34.3 Å². The minimum atomic E-state index is 0.515. The molecule has 0 saturated carbocycles. The highest BCUT2D eigenvalue weighted by Gasteiger charge is 2.18. The zero-order valence-corrected chi connectivity index (χ0v) is 11.9. The van der Waals surface area contributed by atoms with Crippen LogP contribution in [0.25, 0.3) is 11.3 Å². The molecule has 1 heterocycles. The lowest BCUT2D eigenvalue weighted by atomic mass is 10.1. The van der Waals surface area contributed by atoms with Crippen molar-refractivity contribution in [2.45, 2.75) is 0 Å². The summed E-state index contributed by atoms with van der Waals surface area (Å²) in [5.41, 5.74) is 1.41. The van der Waals surface area contributed by atoms with Gasteiger partial charge in [-0.1, -0.05) is 0 Å². The molecule has 2 rings (SSSR count). The molecule has 0 spiro atoms. The highest BCUT2D eigenvalue weighted by atomic mass is 16.5. The van der Waals surface area contributed by atoms with Gasteiger partial charge in [0.15, 0.2) is 11.5 Å². The van der Waals surface area contributed by atoms with E-state index in [0.29, 0.717) is 34.3 Å². The van der Waals surface area contributed by atoms with Gasteiger partial charge < -0.3 is 18.9 Å². The lowest BCUT2D eigenvalue weighted by Crippen LogP contribution is -1.98.